The van der Waals surface area contributed by atoms with Gasteiger partial charge in [-0.05, 0) is 29.8 Å². The number of fused-ring (bicyclic) bond motifs is 1. The molecule has 0 amide bonds. The molecule has 2 aromatic rings. The third-order valence-corrected chi connectivity index (χ3v) is 6.13. The van der Waals surface area contributed by atoms with Crippen LogP contribution in [-0.4, -0.2) is 43.9 Å². The van der Waals surface area contributed by atoms with Gasteiger partial charge in [0, 0.05) is 16.5 Å². The number of piperazine rings is 1. The van der Waals surface area contributed by atoms with E-state index < -0.39 is 0 Å². The number of hydrogen-bond acceptors (Lipinski definition) is 5. The van der Waals surface area contributed by atoms with Crippen molar-refractivity contribution in [3.63, 3.8) is 0 Å². The van der Waals surface area contributed by atoms with E-state index in [1.165, 1.54) is 16.7 Å². The first-order valence-electron chi connectivity index (χ1n) is 8.91. The van der Waals surface area contributed by atoms with Gasteiger partial charge in [-0.15, -0.1) is 0 Å². The van der Waals surface area contributed by atoms with Crippen molar-refractivity contribution < 1.29 is 14.6 Å². The van der Waals surface area contributed by atoms with Crippen LogP contribution < -0.4 is 9.80 Å². The maximum absolute atomic E-state index is 12.5. The molecule has 0 unspecified atom stereocenters. The molecule has 27 heavy (non-hydrogen) atoms. The standard InChI is InChI=1S/C20H19N3O3S/c1-21-8-10-22(11-9-21)16-7-6-14(12-17(16)23(25)26)13-19-20(24)15-4-2-3-5-18(15)27-19/h2-7,12-13H,8-11H2,1H3/p+1/b19-13-. The zero-order valence-electron chi connectivity index (χ0n) is 15.0. The van der Waals surface area contributed by atoms with Crippen molar-refractivity contribution in [1.82, 2.24) is 0 Å². The van der Waals surface area contributed by atoms with E-state index >= 15 is 0 Å². The number of carbonyl (C=O) groups is 1. The van der Waals surface area contributed by atoms with E-state index in [2.05, 4.69) is 11.9 Å². The van der Waals surface area contributed by atoms with Crippen LogP contribution in [0, 0.1) is 10.1 Å². The second kappa shape index (κ2) is 7.17. The Morgan fingerprint density at radius 3 is 2.63 bits per heavy atom. The van der Waals surface area contributed by atoms with E-state index in [-0.39, 0.29) is 16.4 Å². The summed E-state index contributed by atoms with van der Waals surface area (Å²) in [5.41, 5.74) is 2.12. The van der Waals surface area contributed by atoms with E-state index in [4.69, 9.17) is 0 Å². The Labute approximate surface area is 161 Å². The molecule has 2 aromatic carbocycles. The number of nitro benzene ring substituents is 1. The number of quaternary nitrogens is 1. The topological polar surface area (TPSA) is 67.9 Å². The third-order valence-electron chi connectivity index (χ3n) is 5.03. The molecular formula is C20H20N3O3S+. The summed E-state index contributed by atoms with van der Waals surface area (Å²) in [7, 11) is 2.13. The minimum atomic E-state index is -0.332. The lowest BCUT2D eigenvalue weighted by atomic mass is 10.1. The number of rotatable bonds is 3. The monoisotopic (exact) mass is 382 g/mol. The van der Waals surface area contributed by atoms with Crippen LogP contribution >= 0.6 is 11.8 Å². The number of allylic oxidation sites excluding steroid dienone is 1. The molecule has 0 atom stereocenters. The summed E-state index contributed by atoms with van der Waals surface area (Å²) >= 11 is 1.41. The largest absolute Gasteiger partial charge is 0.355 e. The molecule has 1 fully saturated rings. The quantitative estimate of drug-likeness (QED) is 0.501. The molecule has 2 heterocycles. The molecule has 138 valence electrons. The van der Waals surface area contributed by atoms with E-state index in [9.17, 15) is 14.9 Å². The number of Topliss-reactive ketones (excluding diaryl/α,β-unsaturated/α-hetero) is 1. The van der Waals surface area contributed by atoms with Crippen LogP contribution in [0.3, 0.4) is 0 Å². The van der Waals surface area contributed by atoms with Gasteiger partial charge < -0.3 is 9.80 Å². The van der Waals surface area contributed by atoms with Crippen LogP contribution in [0.4, 0.5) is 11.4 Å². The van der Waals surface area contributed by atoms with Gasteiger partial charge in [0.15, 0.2) is 0 Å². The molecule has 2 aliphatic heterocycles. The fourth-order valence-electron chi connectivity index (χ4n) is 3.46. The maximum atomic E-state index is 12.5. The van der Waals surface area contributed by atoms with Gasteiger partial charge in [-0.1, -0.05) is 30.0 Å². The molecule has 7 heteroatoms. The average Bonchev–Trinajstić information content (AvgIpc) is 2.98. The van der Waals surface area contributed by atoms with Crippen molar-refractivity contribution in [2.45, 2.75) is 4.90 Å². The van der Waals surface area contributed by atoms with Crippen LogP contribution in [-0.2, 0) is 0 Å². The number of carbonyl (C=O) groups excluding carboxylic acids is 1. The lowest BCUT2D eigenvalue weighted by Crippen LogP contribution is -3.12. The molecule has 0 aromatic heterocycles. The first kappa shape index (κ1) is 17.8. The minimum absolute atomic E-state index is 0.0237. The second-order valence-electron chi connectivity index (χ2n) is 6.89. The Morgan fingerprint density at radius 1 is 1.19 bits per heavy atom. The highest BCUT2D eigenvalue weighted by molar-refractivity contribution is 8.04. The van der Waals surface area contributed by atoms with Crippen molar-refractivity contribution >= 4 is 35.0 Å². The molecule has 1 N–H and O–H groups in total. The average molecular weight is 382 g/mol. The molecular weight excluding hydrogens is 362 g/mol. The van der Waals surface area contributed by atoms with Gasteiger partial charge in [0.2, 0.25) is 5.78 Å². The summed E-state index contributed by atoms with van der Waals surface area (Å²) in [4.78, 5) is 28.9. The van der Waals surface area contributed by atoms with Gasteiger partial charge in [-0.2, -0.15) is 0 Å². The normalized spacial score (nSPS) is 18.8. The SMILES string of the molecule is C[NH+]1CCN(c2ccc(/C=C3\Sc4ccccc4C3=O)cc2[N+](=O)[O-])CC1. The molecule has 4 rings (SSSR count). The van der Waals surface area contributed by atoms with E-state index in [1.807, 2.05) is 36.4 Å². The molecule has 1 saturated heterocycles. The summed E-state index contributed by atoms with van der Waals surface area (Å²) in [5.74, 6) is -0.0237. The van der Waals surface area contributed by atoms with Crippen molar-refractivity contribution in [2.24, 2.45) is 0 Å². The minimum Gasteiger partial charge on any atom is -0.355 e. The number of hydrogen-bond donors (Lipinski definition) is 1. The Hall–Kier alpha value is -2.64. The molecule has 0 saturated carbocycles. The predicted octanol–water partition coefficient (Wildman–Crippen LogP) is 2.26. The molecule has 0 bridgehead atoms. The highest BCUT2D eigenvalue weighted by Gasteiger charge is 2.27. The van der Waals surface area contributed by atoms with Gasteiger partial charge in [-0.25, -0.2) is 0 Å². The molecule has 2 aliphatic rings. The fraction of sp³-hybridized carbons (Fsp3) is 0.250. The Balaban J connectivity index is 1.64. The Kier molecular flexibility index (Phi) is 4.72. The second-order valence-corrected chi connectivity index (χ2v) is 7.97. The number of nitrogens with one attached hydrogen (secondary N) is 1. The number of ketones is 1. The van der Waals surface area contributed by atoms with Gasteiger partial charge in [0.1, 0.15) is 5.69 Å². The fourth-order valence-corrected chi connectivity index (χ4v) is 4.51. The van der Waals surface area contributed by atoms with Crippen molar-refractivity contribution in [2.75, 3.05) is 38.1 Å². The van der Waals surface area contributed by atoms with Crippen molar-refractivity contribution in [1.29, 1.82) is 0 Å². The summed E-state index contributed by atoms with van der Waals surface area (Å²) in [6.07, 6.45) is 1.75. The number of thioether (sulfide) groups is 1. The smallest absolute Gasteiger partial charge is 0.293 e. The van der Waals surface area contributed by atoms with E-state index in [0.717, 1.165) is 31.1 Å². The predicted molar refractivity (Wildman–Crippen MR) is 107 cm³/mol. The lowest BCUT2D eigenvalue weighted by molar-refractivity contribution is -0.880. The Morgan fingerprint density at radius 2 is 1.93 bits per heavy atom. The number of likely N-dealkylation sites (N-methyl/N-ethyl adjacent to an activating group) is 1. The van der Waals surface area contributed by atoms with Crippen LogP contribution in [0.5, 0.6) is 0 Å². The molecule has 6 nitrogen and oxygen atoms in total. The zero-order valence-corrected chi connectivity index (χ0v) is 15.8. The number of anilines is 1. The summed E-state index contributed by atoms with van der Waals surface area (Å²) < 4.78 is 0. The molecule has 0 spiro atoms. The lowest BCUT2D eigenvalue weighted by Gasteiger charge is -2.31. The summed E-state index contributed by atoms with van der Waals surface area (Å²) in [6, 6.07) is 12.7. The third kappa shape index (κ3) is 3.48. The van der Waals surface area contributed by atoms with Crippen LogP contribution in [0.15, 0.2) is 52.3 Å². The van der Waals surface area contributed by atoms with Gasteiger partial charge in [0.25, 0.3) is 5.69 Å². The van der Waals surface area contributed by atoms with Crippen molar-refractivity contribution in [3.05, 3.63) is 68.6 Å². The zero-order chi connectivity index (χ0) is 19.0. The maximum Gasteiger partial charge on any atom is 0.293 e. The number of benzene rings is 2. The summed E-state index contributed by atoms with van der Waals surface area (Å²) in [5, 5.41) is 11.6. The Bertz CT molecular complexity index is 949. The van der Waals surface area contributed by atoms with Crippen molar-refractivity contribution in [3.8, 4) is 0 Å². The molecule has 0 radical (unpaired) electrons. The van der Waals surface area contributed by atoms with Crippen LogP contribution in [0.25, 0.3) is 6.08 Å². The van der Waals surface area contributed by atoms with Gasteiger partial charge >= 0.3 is 0 Å². The van der Waals surface area contributed by atoms with E-state index in [1.54, 1.807) is 12.1 Å². The van der Waals surface area contributed by atoms with Gasteiger partial charge in [-0.3, -0.25) is 14.9 Å². The highest BCUT2D eigenvalue weighted by Crippen LogP contribution is 2.41. The van der Waals surface area contributed by atoms with Crippen LogP contribution in [0.2, 0.25) is 0 Å². The summed E-state index contributed by atoms with van der Waals surface area (Å²) in [6.45, 7) is 3.53. The van der Waals surface area contributed by atoms with E-state index in [0.29, 0.717) is 21.7 Å². The van der Waals surface area contributed by atoms with Crippen LogP contribution in [0.1, 0.15) is 15.9 Å². The first-order valence-corrected chi connectivity index (χ1v) is 9.72. The highest BCUT2D eigenvalue weighted by atomic mass is 32.2. The van der Waals surface area contributed by atoms with Gasteiger partial charge in [0.05, 0.1) is 43.1 Å². The number of nitro groups is 1. The molecule has 0 aliphatic carbocycles. The number of nitrogens with zero attached hydrogens (tertiary/aromatic N) is 2. The first-order chi connectivity index (χ1) is 13.0.